The van der Waals surface area contributed by atoms with Crippen LogP contribution in [-0.2, 0) is 14.4 Å². The fourth-order valence-electron chi connectivity index (χ4n) is 2.03. The van der Waals surface area contributed by atoms with Gasteiger partial charge in [0.25, 0.3) is 0 Å². The zero-order chi connectivity index (χ0) is 12.7. The largest absolute Gasteiger partial charge is 0.490 e. The average Bonchev–Trinajstić information content (AvgIpc) is 2.74. The van der Waals surface area contributed by atoms with Gasteiger partial charge >= 0.3 is 12.1 Å². The second-order valence-electron chi connectivity index (χ2n) is 4.08. The summed E-state index contributed by atoms with van der Waals surface area (Å²) in [6, 6.07) is 0. The van der Waals surface area contributed by atoms with Crippen LogP contribution in [0.3, 0.4) is 0 Å². The van der Waals surface area contributed by atoms with Gasteiger partial charge in [-0.2, -0.15) is 13.2 Å². The maximum Gasteiger partial charge on any atom is 0.490 e. The molecule has 1 aliphatic heterocycles. The minimum absolute atomic E-state index is 0.351. The summed E-state index contributed by atoms with van der Waals surface area (Å²) in [4.78, 5) is 15.3. The van der Waals surface area contributed by atoms with E-state index in [0.29, 0.717) is 25.2 Å². The van der Waals surface area contributed by atoms with Crippen LogP contribution in [0.4, 0.5) is 13.2 Å². The molecule has 5 nitrogen and oxygen atoms in total. The summed E-state index contributed by atoms with van der Waals surface area (Å²) in [5, 5.41) is 6.71. The second kappa shape index (κ2) is 3.86. The molecule has 1 aliphatic carbocycles. The van der Waals surface area contributed by atoms with E-state index in [0.717, 1.165) is 0 Å². The number of hydrogen-bond donors (Lipinski definition) is 1. The van der Waals surface area contributed by atoms with Crippen LogP contribution < -0.4 is 5.32 Å². The van der Waals surface area contributed by atoms with Crippen molar-refractivity contribution in [3.05, 3.63) is 0 Å². The summed E-state index contributed by atoms with van der Waals surface area (Å²) in [5.41, 5.74) is -0.00308. The predicted octanol–water partition coefficient (Wildman–Crippen LogP) is 0.456. The molecule has 2 fully saturated rings. The Labute approximate surface area is 94.9 Å². The van der Waals surface area contributed by atoms with Gasteiger partial charge in [0, 0.05) is 19.5 Å². The van der Waals surface area contributed by atoms with Crippen molar-refractivity contribution in [1.82, 2.24) is 5.32 Å². The number of esters is 1. The van der Waals surface area contributed by atoms with Gasteiger partial charge in [-0.1, -0.05) is 5.16 Å². The average molecular weight is 252 g/mol. The van der Waals surface area contributed by atoms with E-state index in [2.05, 4.69) is 20.0 Å². The van der Waals surface area contributed by atoms with Crippen molar-refractivity contribution in [2.45, 2.75) is 18.7 Å². The van der Waals surface area contributed by atoms with E-state index in [4.69, 9.17) is 0 Å². The molecule has 0 amide bonds. The van der Waals surface area contributed by atoms with Gasteiger partial charge in [-0.25, -0.2) is 4.79 Å². The third kappa shape index (κ3) is 2.08. The third-order valence-corrected chi connectivity index (χ3v) is 3.00. The Bertz CT molecular complexity index is 369. The Hall–Kier alpha value is -1.31. The number of oxime groups is 1. The Morgan fingerprint density at radius 2 is 2.29 bits per heavy atom. The predicted molar refractivity (Wildman–Crippen MR) is 50.3 cm³/mol. The summed E-state index contributed by atoms with van der Waals surface area (Å²) >= 11 is 0. The lowest BCUT2D eigenvalue weighted by atomic mass is 10.0. The van der Waals surface area contributed by atoms with Crippen molar-refractivity contribution in [2.24, 2.45) is 10.6 Å². The summed E-state index contributed by atoms with van der Waals surface area (Å²) in [5.74, 6) is -2.15. The first-order valence-electron chi connectivity index (χ1n) is 4.99. The molecule has 8 heteroatoms. The summed E-state index contributed by atoms with van der Waals surface area (Å²) in [6.45, 7) is 0.888. The molecule has 17 heavy (non-hydrogen) atoms. The number of nitrogens with zero attached hydrogens (tertiary/aromatic N) is 1. The lowest BCUT2D eigenvalue weighted by Crippen LogP contribution is -2.29. The standard InChI is InChI=1S/C9H11F3N2O3/c1-16-14-5-3-13-4-8(5)2-6(8)17-7(15)9(10,11)12/h6,13H,2-4H2,1H3/b14-5+. The smallest absolute Gasteiger partial charge is 0.455 e. The van der Waals surface area contributed by atoms with Gasteiger partial charge in [0.2, 0.25) is 0 Å². The summed E-state index contributed by atoms with van der Waals surface area (Å²) in [7, 11) is 1.36. The Morgan fingerprint density at radius 3 is 2.88 bits per heavy atom. The molecule has 1 saturated heterocycles. The first-order valence-corrected chi connectivity index (χ1v) is 4.99. The minimum Gasteiger partial charge on any atom is -0.455 e. The molecule has 1 heterocycles. The molecular formula is C9H11F3N2O3. The summed E-state index contributed by atoms with van der Waals surface area (Å²) in [6.07, 6.45) is -5.36. The fraction of sp³-hybridized carbons (Fsp3) is 0.778. The molecule has 0 radical (unpaired) electrons. The van der Waals surface area contributed by atoms with Crippen molar-refractivity contribution >= 4 is 11.7 Å². The number of carbonyl (C=O) groups excluding carboxylic acids is 1. The molecular weight excluding hydrogens is 241 g/mol. The normalized spacial score (nSPS) is 34.1. The molecule has 0 aromatic rings. The van der Waals surface area contributed by atoms with Gasteiger partial charge in [-0.05, 0) is 0 Å². The zero-order valence-corrected chi connectivity index (χ0v) is 9.00. The number of hydrogen-bond acceptors (Lipinski definition) is 5. The number of ether oxygens (including phenoxy) is 1. The lowest BCUT2D eigenvalue weighted by molar-refractivity contribution is -0.201. The molecule has 1 saturated carbocycles. The van der Waals surface area contributed by atoms with Gasteiger partial charge in [-0.3, -0.25) is 0 Å². The van der Waals surface area contributed by atoms with E-state index < -0.39 is 23.7 Å². The fourth-order valence-corrected chi connectivity index (χ4v) is 2.03. The molecule has 1 N–H and O–H groups in total. The van der Waals surface area contributed by atoms with Crippen molar-refractivity contribution in [2.75, 3.05) is 20.2 Å². The van der Waals surface area contributed by atoms with Crippen LogP contribution in [0, 0.1) is 5.41 Å². The Balaban J connectivity index is 2.00. The van der Waals surface area contributed by atoms with Crippen LogP contribution >= 0.6 is 0 Å². The molecule has 0 aromatic heterocycles. The van der Waals surface area contributed by atoms with Gasteiger partial charge in [-0.15, -0.1) is 0 Å². The molecule has 2 unspecified atom stereocenters. The van der Waals surface area contributed by atoms with Gasteiger partial charge < -0.3 is 14.9 Å². The topological polar surface area (TPSA) is 59.9 Å². The van der Waals surface area contributed by atoms with Crippen LogP contribution in [0.2, 0.25) is 0 Å². The first kappa shape index (κ1) is 12.2. The van der Waals surface area contributed by atoms with Gasteiger partial charge in [0.15, 0.2) is 0 Å². The maximum absolute atomic E-state index is 12.0. The Morgan fingerprint density at radius 1 is 1.59 bits per heavy atom. The number of carbonyl (C=O) groups is 1. The van der Waals surface area contributed by atoms with Crippen LogP contribution in [0.15, 0.2) is 5.16 Å². The maximum atomic E-state index is 12.0. The van der Waals surface area contributed by atoms with Crippen molar-refractivity contribution in [3.63, 3.8) is 0 Å². The van der Waals surface area contributed by atoms with Crippen LogP contribution in [-0.4, -0.2) is 44.2 Å². The van der Waals surface area contributed by atoms with E-state index >= 15 is 0 Å². The van der Waals surface area contributed by atoms with E-state index in [1.54, 1.807) is 0 Å². The number of nitrogens with one attached hydrogen (secondary N) is 1. The quantitative estimate of drug-likeness (QED) is 0.573. The lowest BCUT2D eigenvalue weighted by Gasteiger charge is -2.11. The molecule has 0 aromatic carbocycles. The highest BCUT2D eigenvalue weighted by molar-refractivity contribution is 5.97. The number of halogens is 3. The molecule has 2 aliphatic rings. The van der Waals surface area contributed by atoms with Crippen molar-refractivity contribution in [1.29, 1.82) is 0 Å². The van der Waals surface area contributed by atoms with Crippen LogP contribution in [0.25, 0.3) is 0 Å². The van der Waals surface area contributed by atoms with Crippen LogP contribution in [0.5, 0.6) is 0 Å². The highest BCUT2D eigenvalue weighted by Gasteiger charge is 2.64. The molecule has 0 bridgehead atoms. The SMILES string of the molecule is CO/N=C1\CNCC12CC2OC(=O)C(F)(F)F. The highest BCUT2D eigenvalue weighted by atomic mass is 19.4. The van der Waals surface area contributed by atoms with Crippen molar-refractivity contribution < 1.29 is 27.5 Å². The molecule has 1 spiro atoms. The third-order valence-electron chi connectivity index (χ3n) is 3.00. The molecule has 96 valence electrons. The first-order chi connectivity index (χ1) is 7.90. The number of rotatable bonds is 2. The number of alkyl halides is 3. The van der Waals surface area contributed by atoms with E-state index in [-0.39, 0.29) is 0 Å². The Kier molecular flexibility index (Phi) is 2.76. The van der Waals surface area contributed by atoms with E-state index in [1.807, 2.05) is 0 Å². The zero-order valence-electron chi connectivity index (χ0n) is 9.00. The van der Waals surface area contributed by atoms with Crippen molar-refractivity contribution in [3.8, 4) is 0 Å². The van der Waals surface area contributed by atoms with E-state index in [9.17, 15) is 18.0 Å². The molecule has 2 rings (SSSR count). The van der Waals surface area contributed by atoms with E-state index in [1.165, 1.54) is 7.11 Å². The highest BCUT2D eigenvalue weighted by Crippen LogP contribution is 2.51. The summed E-state index contributed by atoms with van der Waals surface area (Å²) < 4.78 is 40.4. The van der Waals surface area contributed by atoms with Gasteiger partial charge in [0.1, 0.15) is 13.2 Å². The molecule has 2 atom stereocenters. The minimum atomic E-state index is -4.95. The van der Waals surface area contributed by atoms with Gasteiger partial charge in [0.05, 0.1) is 11.1 Å². The monoisotopic (exact) mass is 252 g/mol. The van der Waals surface area contributed by atoms with Crippen LogP contribution in [0.1, 0.15) is 6.42 Å². The second-order valence-corrected chi connectivity index (χ2v) is 4.08.